The number of hydrogen-bond donors (Lipinski definition) is 2. The third-order valence-electron chi connectivity index (χ3n) is 12.5. The number of sulfonamides is 1. The quantitative estimate of drug-likeness (QED) is 0.190. The van der Waals surface area contributed by atoms with Crippen molar-refractivity contribution in [1.82, 2.24) is 29.8 Å². The molecule has 3 aliphatic heterocycles. The summed E-state index contributed by atoms with van der Waals surface area (Å²) in [4.78, 5) is 56.2. The molecule has 1 aromatic carbocycles. The second-order valence-corrected chi connectivity index (χ2v) is 20.3. The summed E-state index contributed by atoms with van der Waals surface area (Å²) in [6.07, 6.45) is 3.50. The Kier molecular flexibility index (Phi) is 11.8. The van der Waals surface area contributed by atoms with Gasteiger partial charge in [0.05, 0.1) is 35.7 Å². The molecule has 2 aliphatic carbocycles. The van der Waals surface area contributed by atoms with E-state index in [-0.39, 0.29) is 36.5 Å². The number of morpholine rings is 1. The maximum atomic E-state index is 14.5. The summed E-state index contributed by atoms with van der Waals surface area (Å²) in [5, 5.41) is 5.98. The molecule has 0 radical (unpaired) electrons. The van der Waals surface area contributed by atoms with Crippen molar-refractivity contribution in [3.63, 3.8) is 0 Å². The summed E-state index contributed by atoms with van der Waals surface area (Å²) in [5.74, 6) is -0.993. The van der Waals surface area contributed by atoms with Crippen molar-refractivity contribution in [1.29, 1.82) is 0 Å². The highest BCUT2D eigenvalue weighted by Gasteiger charge is 2.62. The van der Waals surface area contributed by atoms with Crippen LogP contribution in [0.4, 0.5) is 0 Å². The molecule has 3 amide bonds. The largest absolute Gasteiger partial charge is 0.491 e. The van der Waals surface area contributed by atoms with Gasteiger partial charge in [-0.3, -0.25) is 24.0 Å². The normalized spacial score (nSPS) is 27.2. The number of hydrogen-bond acceptors (Lipinski definition) is 12. The lowest BCUT2D eigenvalue weighted by atomic mass is 9.84. The van der Waals surface area contributed by atoms with Crippen molar-refractivity contribution < 1.29 is 37.0 Å². The molecule has 318 valence electrons. The molecule has 8 rings (SSSR count). The summed E-state index contributed by atoms with van der Waals surface area (Å²) in [5.41, 5.74) is 0.501. The maximum absolute atomic E-state index is 14.5. The highest BCUT2D eigenvalue weighted by atomic mass is 35.5. The van der Waals surface area contributed by atoms with Gasteiger partial charge in [-0.1, -0.05) is 45.4 Å². The summed E-state index contributed by atoms with van der Waals surface area (Å²) < 4.78 is 46.4. The topological polar surface area (TPSA) is 169 Å². The van der Waals surface area contributed by atoms with Crippen LogP contribution in [0.25, 0.3) is 21.6 Å². The van der Waals surface area contributed by atoms with Crippen molar-refractivity contribution in [3.8, 4) is 22.2 Å². The zero-order chi connectivity index (χ0) is 41.8. The van der Waals surface area contributed by atoms with Crippen LogP contribution in [-0.2, 0) is 29.1 Å². The monoisotopic (exact) mass is 868 g/mol. The fraction of sp³-hybridized carbons (Fsp3) is 0.595. The molecule has 1 unspecified atom stereocenters. The van der Waals surface area contributed by atoms with E-state index in [1.807, 2.05) is 37.4 Å². The highest BCUT2D eigenvalue weighted by molar-refractivity contribution is 7.91. The first-order chi connectivity index (χ1) is 28.2. The lowest BCUT2D eigenvalue weighted by molar-refractivity contribution is -0.149. The van der Waals surface area contributed by atoms with E-state index in [1.165, 1.54) is 11.3 Å². The Hall–Kier alpha value is -3.83. The van der Waals surface area contributed by atoms with E-state index in [9.17, 15) is 22.8 Å². The van der Waals surface area contributed by atoms with Gasteiger partial charge >= 0.3 is 0 Å². The maximum Gasteiger partial charge on any atom is 0.259 e. The molecule has 0 spiro atoms. The number of ether oxygens (including phenoxy) is 3. The van der Waals surface area contributed by atoms with Crippen molar-refractivity contribution in [3.05, 3.63) is 47.0 Å². The van der Waals surface area contributed by atoms with E-state index < -0.39 is 56.7 Å². The number of halogens is 1. The number of fused-ring (bicyclic) bond motifs is 2. The lowest BCUT2D eigenvalue weighted by Crippen LogP contribution is -2.59. The van der Waals surface area contributed by atoms with Crippen LogP contribution in [-0.4, -0.2) is 114 Å². The second kappa shape index (κ2) is 16.6. The first-order valence-electron chi connectivity index (χ1n) is 20.7. The van der Waals surface area contributed by atoms with Gasteiger partial charge in [-0.25, -0.2) is 18.4 Å². The number of nitrogens with one attached hydrogen (secondary N) is 2. The average Bonchev–Trinajstić information content (AvgIpc) is 4.10. The Labute approximate surface area is 354 Å². The molecule has 2 saturated carbocycles. The molecule has 0 bridgehead atoms. The number of rotatable bonds is 15. The van der Waals surface area contributed by atoms with Gasteiger partial charge in [0, 0.05) is 54.7 Å². The van der Waals surface area contributed by atoms with Crippen molar-refractivity contribution in [2.75, 3.05) is 39.5 Å². The minimum absolute atomic E-state index is 0.0404. The molecule has 5 fully saturated rings. The number of pyridine rings is 1. The predicted octanol–water partition coefficient (Wildman–Crippen LogP) is 5.30. The van der Waals surface area contributed by atoms with E-state index in [2.05, 4.69) is 35.4 Å². The van der Waals surface area contributed by atoms with Crippen LogP contribution < -0.4 is 19.5 Å². The van der Waals surface area contributed by atoms with Gasteiger partial charge in [-0.05, 0) is 56.1 Å². The second-order valence-electron chi connectivity index (χ2n) is 17.1. The van der Waals surface area contributed by atoms with Crippen LogP contribution in [0.3, 0.4) is 0 Å². The minimum Gasteiger partial charge on any atom is -0.491 e. The number of benzene rings is 1. The summed E-state index contributed by atoms with van der Waals surface area (Å²) in [7, 11) is -3.87. The molecular formula is C42H53ClN6O8S2. The van der Waals surface area contributed by atoms with E-state index >= 15 is 0 Å². The predicted molar refractivity (Wildman–Crippen MR) is 225 cm³/mol. The molecule has 3 aromatic rings. The van der Waals surface area contributed by atoms with Crippen molar-refractivity contribution >= 4 is 61.6 Å². The van der Waals surface area contributed by atoms with Crippen LogP contribution in [0, 0.1) is 17.8 Å². The number of thiazole rings is 1. The summed E-state index contributed by atoms with van der Waals surface area (Å²) in [6, 6.07) is 4.12. The Bertz CT molecular complexity index is 2240. The van der Waals surface area contributed by atoms with Crippen LogP contribution in [0.1, 0.15) is 77.8 Å². The lowest BCUT2D eigenvalue weighted by Gasteiger charge is -2.40. The summed E-state index contributed by atoms with van der Waals surface area (Å²) >= 11 is 8.59. The number of carbonyl (C=O) groups is 3. The van der Waals surface area contributed by atoms with Gasteiger partial charge in [-0.2, -0.15) is 0 Å². The van der Waals surface area contributed by atoms with E-state index in [4.69, 9.17) is 35.8 Å². The first-order valence-corrected chi connectivity index (χ1v) is 23.5. The van der Waals surface area contributed by atoms with Crippen LogP contribution in [0.15, 0.2) is 36.2 Å². The number of carbonyl (C=O) groups excluding carboxylic acids is 3. The van der Waals surface area contributed by atoms with E-state index in [0.717, 1.165) is 25.3 Å². The molecule has 17 heteroatoms. The van der Waals surface area contributed by atoms with Gasteiger partial charge in [-0.15, -0.1) is 17.9 Å². The smallest absolute Gasteiger partial charge is 0.259 e. The standard InChI is InChI=1S/C42H53ClN6O8S2/c1-6-25-21-42(25,41(52)47-59(53,54)26-7-8-26)46-38(50)32-20-35(31-11-9-27(23(2)3)40(51)49(31)32)57-34-19-29(39-45-30(22-58-39)24(4)5)44-37-28(34)10-12-33(36(37)43)56-18-15-48-13-16-55-17-14-48/h6,10,12,19,22-27,31-32,35H,1,7-9,11,13-18,20-21H2,2-5H3,(H,46,50)(H,47,52)/t25-,27?,31-,32+,35-,42-/m1/s1. The van der Waals surface area contributed by atoms with Crippen molar-refractivity contribution in [2.45, 2.75) is 101 Å². The van der Waals surface area contributed by atoms with Gasteiger partial charge in [0.2, 0.25) is 21.8 Å². The molecule has 5 heterocycles. The van der Waals surface area contributed by atoms with Gasteiger partial charge in [0.25, 0.3) is 5.91 Å². The molecule has 6 atom stereocenters. The third-order valence-corrected chi connectivity index (χ3v) is 15.6. The first kappa shape index (κ1) is 41.9. The molecular weight excluding hydrogens is 816 g/mol. The number of amides is 3. The van der Waals surface area contributed by atoms with E-state index in [0.29, 0.717) is 83.6 Å². The molecule has 2 N–H and O–H groups in total. The summed E-state index contributed by atoms with van der Waals surface area (Å²) in [6.45, 7) is 16.2. The van der Waals surface area contributed by atoms with E-state index in [1.54, 1.807) is 11.0 Å². The number of piperidine rings is 1. The van der Waals surface area contributed by atoms with Gasteiger partial charge in [0.15, 0.2) is 0 Å². The van der Waals surface area contributed by atoms with Crippen molar-refractivity contribution in [2.24, 2.45) is 17.8 Å². The SMILES string of the molecule is C=C[C@@H]1C[C@]1(NC(=O)[C@@H]1C[C@@H](Oc2cc(-c3nc(C(C)C)cs3)nc3c(Cl)c(OCCN4CCOCC4)ccc23)[C@H]2CCC(C(C)C)C(=O)N21)C(=O)NS(=O)(=O)C1CC1. The Balaban J connectivity index is 1.11. The fourth-order valence-corrected chi connectivity index (χ4v) is 11.2. The Morgan fingerprint density at radius 3 is 2.54 bits per heavy atom. The number of aromatic nitrogens is 2. The molecule has 59 heavy (non-hydrogen) atoms. The molecule has 3 saturated heterocycles. The highest BCUT2D eigenvalue weighted by Crippen LogP contribution is 2.47. The average molecular weight is 870 g/mol. The molecule has 14 nitrogen and oxygen atoms in total. The van der Waals surface area contributed by atoms with Crippen LogP contribution >= 0.6 is 22.9 Å². The fourth-order valence-electron chi connectivity index (χ4n) is 8.67. The zero-order valence-corrected chi connectivity index (χ0v) is 36.3. The Morgan fingerprint density at radius 2 is 1.88 bits per heavy atom. The van der Waals surface area contributed by atoms with Gasteiger partial charge in [0.1, 0.15) is 51.5 Å². The van der Waals surface area contributed by atoms with Crippen LogP contribution in [0.5, 0.6) is 11.5 Å². The van der Waals surface area contributed by atoms with Crippen LogP contribution in [0.2, 0.25) is 5.02 Å². The zero-order valence-electron chi connectivity index (χ0n) is 33.9. The molecule has 2 aromatic heterocycles. The van der Waals surface area contributed by atoms with Gasteiger partial charge < -0.3 is 24.4 Å². The minimum atomic E-state index is -3.87. The number of nitrogens with zero attached hydrogens (tertiary/aromatic N) is 4. The molecule has 5 aliphatic rings. The third kappa shape index (κ3) is 8.31. The Morgan fingerprint density at radius 1 is 1.12 bits per heavy atom.